The molecule has 1 unspecified atom stereocenters. The van der Waals surface area contributed by atoms with Crippen LogP contribution in [0.3, 0.4) is 0 Å². The Labute approximate surface area is 196 Å². The molecule has 1 saturated heterocycles. The molecule has 33 heavy (non-hydrogen) atoms. The van der Waals surface area contributed by atoms with Gasteiger partial charge in [-0.3, -0.25) is 14.6 Å². The molecule has 1 aromatic heterocycles. The van der Waals surface area contributed by atoms with Crippen molar-refractivity contribution in [3.63, 3.8) is 0 Å². The molecular weight excluding hydrogens is 447 g/mol. The van der Waals surface area contributed by atoms with Gasteiger partial charge in [0.05, 0.1) is 10.5 Å². The highest BCUT2D eigenvalue weighted by Gasteiger charge is 2.23. The van der Waals surface area contributed by atoms with E-state index in [1.807, 2.05) is 29.2 Å². The summed E-state index contributed by atoms with van der Waals surface area (Å²) in [6.45, 7) is 4.46. The van der Waals surface area contributed by atoms with Crippen molar-refractivity contribution in [2.24, 2.45) is 0 Å². The Bertz CT molecular complexity index is 1140. The number of piperidine rings is 1. The zero-order valence-electron chi connectivity index (χ0n) is 18.6. The number of aromatic nitrogens is 1. The van der Waals surface area contributed by atoms with E-state index < -0.39 is 12.1 Å². The van der Waals surface area contributed by atoms with Crippen LogP contribution in [-0.2, 0) is 9.59 Å². The van der Waals surface area contributed by atoms with Crippen molar-refractivity contribution in [1.82, 2.24) is 9.88 Å². The van der Waals surface area contributed by atoms with E-state index in [1.165, 1.54) is 18.6 Å². The highest BCUT2D eigenvalue weighted by Crippen LogP contribution is 2.34. The van der Waals surface area contributed by atoms with Crippen LogP contribution in [-0.4, -0.2) is 46.1 Å². The number of ether oxygens (including phenoxy) is 1. The van der Waals surface area contributed by atoms with Gasteiger partial charge in [0.25, 0.3) is 11.9 Å². The molecule has 2 aromatic carbocycles. The number of carboxylic acid groups (broad SMARTS) is 1. The number of fused-ring (bicyclic) bond motifs is 1. The maximum absolute atomic E-state index is 13.4. The molecule has 1 fully saturated rings. The Kier molecular flexibility index (Phi) is 8.22. The number of halogens is 2. The number of amides is 1. The first-order valence-corrected chi connectivity index (χ1v) is 11.1. The summed E-state index contributed by atoms with van der Waals surface area (Å²) < 4.78 is 19.3. The summed E-state index contributed by atoms with van der Waals surface area (Å²) >= 11 is 6.25. The predicted octanol–water partition coefficient (Wildman–Crippen LogP) is 5.57. The Hall–Kier alpha value is -3.19. The maximum Gasteiger partial charge on any atom is 0.300 e. The number of rotatable bonds is 4. The van der Waals surface area contributed by atoms with E-state index in [0.717, 1.165) is 54.9 Å². The number of hydrogen-bond donors (Lipinski definition) is 1. The summed E-state index contributed by atoms with van der Waals surface area (Å²) in [5, 5.41) is 8.64. The first kappa shape index (κ1) is 24.5. The van der Waals surface area contributed by atoms with Gasteiger partial charge in [-0.15, -0.1) is 0 Å². The molecule has 174 valence electrons. The van der Waals surface area contributed by atoms with Gasteiger partial charge in [-0.25, -0.2) is 4.39 Å². The summed E-state index contributed by atoms with van der Waals surface area (Å²) in [6, 6.07) is 11.7. The van der Waals surface area contributed by atoms with Crippen LogP contribution in [0, 0.1) is 5.82 Å². The fourth-order valence-electron chi connectivity index (χ4n) is 3.77. The molecule has 0 spiro atoms. The molecule has 4 rings (SSSR count). The summed E-state index contributed by atoms with van der Waals surface area (Å²) in [7, 11) is 0. The number of benzene rings is 2. The first-order chi connectivity index (χ1) is 15.8. The molecule has 1 atom stereocenters. The predicted molar refractivity (Wildman–Crippen MR) is 126 cm³/mol. The average Bonchev–Trinajstić information content (AvgIpc) is 2.78. The van der Waals surface area contributed by atoms with Crippen molar-refractivity contribution in [2.75, 3.05) is 13.1 Å². The molecule has 0 saturated carbocycles. The monoisotopic (exact) mass is 472 g/mol. The van der Waals surface area contributed by atoms with E-state index in [1.54, 1.807) is 19.2 Å². The van der Waals surface area contributed by atoms with Crippen molar-refractivity contribution >= 4 is 34.4 Å². The number of nitrogens with zero attached hydrogens (tertiary/aromatic N) is 2. The zero-order chi connectivity index (χ0) is 24.0. The molecule has 6 nitrogen and oxygen atoms in total. The lowest BCUT2D eigenvalue weighted by Gasteiger charge is -2.29. The van der Waals surface area contributed by atoms with Gasteiger partial charge in [-0.05, 0) is 68.1 Å². The van der Waals surface area contributed by atoms with Crippen LogP contribution < -0.4 is 4.74 Å². The van der Waals surface area contributed by atoms with E-state index in [-0.39, 0.29) is 11.7 Å². The summed E-state index contributed by atoms with van der Waals surface area (Å²) in [6.07, 6.45) is 4.40. The minimum absolute atomic E-state index is 0.0181. The second kappa shape index (κ2) is 11.1. The van der Waals surface area contributed by atoms with Gasteiger partial charge in [0.2, 0.25) is 0 Å². The molecule has 1 N–H and O–H groups in total. The third-order valence-corrected chi connectivity index (χ3v) is 5.58. The second-order valence-electron chi connectivity index (χ2n) is 7.83. The lowest BCUT2D eigenvalue weighted by atomic mass is 10.0. The van der Waals surface area contributed by atoms with Crippen LogP contribution in [0.2, 0.25) is 5.02 Å². The standard InChI is InChI=1S/C23H22ClFN2O2.C2H4O2/c1-15(23(28)27-11-3-2-4-12-27)29-17-6-8-20-18(9-10-26-22(20)14-17)19-7-5-16(25)13-21(19)24;1-2(3)4/h5-10,13-15H,2-4,11-12H2,1H3;1H3,(H,3,4). The molecule has 1 aliphatic heterocycles. The largest absolute Gasteiger partial charge is 0.481 e. The number of carbonyl (C=O) groups is 2. The van der Waals surface area contributed by atoms with Gasteiger partial charge >= 0.3 is 0 Å². The number of hydrogen-bond acceptors (Lipinski definition) is 4. The first-order valence-electron chi connectivity index (χ1n) is 10.8. The topological polar surface area (TPSA) is 79.7 Å². The van der Waals surface area contributed by atoms with Crippen molar-refractivity contribution in [1.29, 1.82) is 0 Å². The van der Waals surface area contributed by atoms with E-state index in [0.29, 0.717) is 10.8 Å². The lowest BCUT2D eigenvalue weighted by molar-refractivity contribution is -0.139. The number of likely N-dealkylation sites (tertiary alicyclic amines) is 1. The zero-order valence-corrected chi connectivity index (χ0v) is 19.3. The maximum atomic E-state index is 13.4. The fraction of sp³-hybridized carbons (Fsp3) is 0.320. The average molecular weight is 473 g/mol. The molecule has 0 bridgehead atoms. The smallest absolute Gasteiger partial charge is 0.300 e. The Balaban J connectivity index is 0.000000709. The normalized spacial score (nSPS) is 14.2. The minimum Gasteiger partial charge on any atom is -0.481 e. The molecule has 3 aromatic rings. The van der Waals surface area contributed by atoms with Gasteiger partial charge in [0, 0.05) is 43.2 Å². The highest BCUT2D eigenvalue weighted by molar-refractivity contribution is 6.33. The van der Waals surface area contributed by atoms with Gasteiger partial charge < -0.3 is 14.7 Å². The quantitative estimate of drug-likeness (QED) is 0.537. The molecule has 8 heteroatoms. The number of aliphatic carboxylic acids is 1. The molecule has 0 aliphatic carbocycles. The van der Waals surface area contributed by atoms with Crippen LogP contribution in [0.5, 0.6) is 5.75 Å². The van der Waals surface area contributed by atoms with Gasteiger partial charge in [0.1, 0.15) is 11.6 Å². The van der Waals surface area contributed by atoms with Crippen LogP contribution in [0.4, 0.5) is 4.39 Å². The van der Waals surface area contributed by atoms with Gasteiger partial charge in [0.15, 0.2) is 6.10 Å². The molecule has 0 radical (unpaired) electrons. The highest BCUT2D eigenvalue weighted by atomic mass is 35.5. The van der Waals surface area contributed by atoms with Gasteiger partial charge in [-0.1, -0.05) is 11.6 Å². The second-order valence-corrected chi connectivity index (χ2v) is 8.23. The third kappa shape index (κ3) is 6.42. The van der Waals surface area contributed by atoms with Crippen LogP contribution in [0.1, 0.15) is 33.1 Å². The Morgan fingerprint density at radius 3 is 2.45 bits per heavy atom. The Morgan fingerprint density at radius 1 is 1.09 bits per heavy atom. The molecule has 2 heterocycles. The van der Waals surface area contributed by atoms with Gasteiger partial charge in [-0.2, -0.15) is 0 Å². The minimum atomic E-state index is -0.833. The van der Waals surface area contributed by atoms with E-state index in [9.17, 15) is 9.18 Å². The summed E-state index contributed by atoms with van der Waals surface area (Å²) in [5.41, 5.74) is 2.32. The lowest BCUT2D eigenvalue weighted by Crippen LogP contribution is -2.43. The summed E-state index contributed by atoms with van der Waals surface area (Å²) in [4.78, 5) is 27.9. The van der Waals surface area contributed by atoms with Crippen molar-refractivity contribution in [3.05, 3.63) is 59.5 Å². The molecular formula is C25H26ClFN2O4. The number of pyridine rings is 1. The fourth-order valence-corrected chi connectivity index (χ4v) is 4.04. The van der Waals surface area contributed by atoms with Crippen LogP contribution >= 0.6 is 11.6 Å². The van der Waals surface area contributed by atoms with Crippen LogP contribution in [0.25, 0.3) is 22.0 Å². The van der Waals surface area contributed by atoms with Crippen molar-refractivity contribution < 1.29 is 23.8 Å². The van der Waals surface area contributed by atoms with Crippen molar-refractivity contribution in [3.8, 4) is 16.9 Å². The molecule has 1 aliphatic rings. The SMILES string of the molecule is CC(=O)O.CC(Oc1ccc2c(-c3ccc(F)cc3Cl)ccnc2c1)C(=O)N1CCCCC1. The molecule has 1 amide bonds. The van der Waals surface area contributed by atoms with Crippen LogP contribution in [0.15, 0.2) is 48.7 Å². The number of carbonyl (C=O) groups excluding carboxylic acids is 1. The van der Waals surface area contributed by atoms with E-state index >= 15 is 0 Å². The van der Waals surface area contributed by atoms with E-state index in [4.69, 9.17) is 26.2 Å². The Morgan fingerprint density at radius 2 is 1.79 bits per heavy atom. The summed E-state index contributed by atoms with van der Waals surface area (Å²) in [5.74, 6) is -0.602. The van der Waals surface area contributed by atoms with Crippen molar-refractivity contribution in [2.45, 2.75) is 39.2 Å². The van der Waals surface area contributed by atoms with E-state index in [2.05, 4.69) is 4.98 Å². The third-order valence-electron chi connectivity index (χ3n) is 5.26. The number of carboxylic acids is 1.